The van der Waals surface area contributed by atoms with Gasteiger partial charge in [-0.05, 0) is 0 Å². The summed E-state index contributed by atoms with van der Waals surface area (Å²) in [7, 11) is 0. The number of hydrogen-bond acceptors (Lipinski definition) is 2. The molecular weight excluding hydrogens is 148 g/mol. The summed E-state index contributed by atoms with van der Waals surface area (Å²) in [6.45, 7) is 3.01. The van der Waals surface area contributed by atoms with E-state index in [1.807, 2.05) is 0 Å². The molecule has 54 valence electrons. The van der Waals surface area contributed by atoms with Gasteiger partial charge in [0.1, 0.15) is 0 Å². The smallest absolute Gasteiger partial charge is 1.00 e. The molecule has 0 aromatic rings. The number of aliphatic carboxylic acids is 2. The van der Waals surface area contributed by atoms with Crippen LogP contribution in [-0.4, -0.2) is 45.2 Å². The van der Waals surface area contributed by atoms with E-state index in [1.54, 1.807) is 0 Å². The van der Waals surface area contributed by atoms with Crippen LogP contribution in [-0.2, 0) is 9.59 Å². The predicted octanol–water partition coefficient (Wildman–Crippen LogP) is -0.0539. The first-order chi connectivity index (χ1) is 4.04. The van der Waals surface area contributed by atoms with Gasteiger partial charge in [0.25, 0.3) is 0 Å². The second kappa shape index (κ2) is 5.25. The van der Waals surface area contributed by atoms with Crippen molar-refractivity contribution in [2.75, 3.05) is 0 Å². The summed E-state index contributed by atoms with van der Waals surface area (Å²) in [5, 5.41) is 16.1. The Bertz CT molecular complexity index is 171. The monoisotopic (exact) mass is 156 g/mol. The van der Waals surface area contributed by atoms with Gasteiger partial charge in [0.05, 0.1) is 6.42 Å². The molecule has 5 heteroatoms. The Hall–Kier alpha value is -0.554. The quantitative estimate of drug-likeness (QED) is 0.444. The van der Waals surface area contributed by atoms with Crippen LogP contribution in [0.25, 0.3) is 0 Å². The fourth-order valence-corrected chi connectivity index (χ4v) is 0.258. The van der Waals surface area contributed by atoms with E-state index in [-0.39, 0.29) is 31.5 Å². The normalized spacial score (nSPS) is 7.60. The van der Waals surface area contributed by atoms with Crippen LogP contribution in [0.4, 0.5) is 0 Å². The Labute approximate surface area is 76.7 Å². The third kappa shape index (κ3) is 5.58. The van der Waals surface area contributed by atoms with E-state index < -0.39 is 18.4 Å². The van der Waals surface area contributed by atoms with Gasteiger partial charge in [0, 0.05) is 5.57 Å². The second-order valence-corrected chi connectivity index (χ2v) is 1.48. The topological polar surface area (TPSA) is 74.6 Å². The zero-order valence-corrected chi connectivity index (χ0v) is 6.75. The predicted molar refractivity (Wildman–Crippen MR) is 37.0 cm³/mol. The number of rotatable bonds is 3. The molecule has 0 amide bonds. The summed E-state index contributed by atoms with van der Waals surface area (Å²) in [5.74, 6) is -2.44. The van der Waals surface area contributed by atoms with E-state index in [4.69, 9.17) is 10.2 Å². The molecule has 2 N–H and O–H groups in total. The molecule has 0 unspecified atom stereocenters. The molecule has 0 rings (SSSR count). The number of carboxylic acids is 2. The summed E-state index contributed by atoms with van der Waals surface area (Å²) in [6, 6.07) is 0. The Morgan fingerprint density at radius 1 is 1.40 bits per heavy atom. The minimum atomic E-state index is -1.27. The molecule has 0 radical (unpaired) electrons. The van der Waals surface area contributed by atoms with Crippen LogP contribution in [0, 0.1) is 0 Å². The molecular formula is C5H8MgO4. The van der Waals surface area contributed by atoms with Gasteiger partial charge in [-0.15, -0.1) is 0 Å². The summed E-state index contributed by atoms with van der Waals surface area (Å²) in [6.07, 6.45) is -0.505. The number of hydrogen-bond donors (Lipinski definition) is 2. The van der Waals surface area contributed by atoms with Gasteiger partial charge >= 0.3 is 35.0 Å². The van der Waals surface area contributed by atoms with Crippen LogP contribution < -0.4 is 0 Å². The molecule has 0 aliphatic carbocycles. The first-order valence-electron chi connectivity index (χ1n) is 2.17. The zero-order chi connectivity index (χ0) is 7.44. The minimum Gasteiger partial charge on any atom is -1.00 e. The van der Waals surface area contributed by atoms with Crippen molar-refractivity contribution in [2.45, 2.75) is 6.42 Å². The van der Waals surface area contributed by atoms with Gasteiger partial charge in [-0.25, -0.2) is 4.79 Å². The van der Waals surface area contributed by atoms with Crippen LogP contribution >= 0.6 is 0 Å². The Kier molecular flexibility index (Phi) is 6.38. The van der Waals surface area contributed by atoms with Crippen molar-refractivity contribution >= 4 is 35.0 Å². The van der Waals surface area contributed by atoms with Gasteiger partial charge < -0.3 is 13.1 Å². The molecule has 0 spiro atoms. The average Bonchev–Trinajstić information content (AvgIpc) is 1.63. The van der Waals surface area contributed by atoms with Gasteiger partial charge in [0.15, 0.2) is 0 Å². The third-order valence-corrected chi connectivity index (χ3v) is 0.667. The molecule has 0 heterocycles. The van der Waals surface area contributed by atoms with Crippen LogP contribution in [0.5, 0.6) is 0 Å². The molecule has 4 nitrogen and oxygen atoms in total. The molecule has 0 aliphatic rings. The number of carbonyl (C=O) groups is 2. The van der Waals surface area contributed by atoms with Gasteiger partial charge in [-0.1, -0.05) is 6.58 Å². The summed E-state index contributed by atoms with van der Waals surface area (Å²) in [4.78, 5) is 19.7. The van der Waals surface area contributed by atoms with Gasteiger partial charge in [-0.3, -0.25) is 4.79 Å². The molecule has 0 saturated heterocycles. The maximum absolute atomic E-state index is 9.87. The van der Waals surface area contributed by atoms with Crippen molar-refractivity contribution in [2.24, 2.45) is 0 Å². The van der Waals surface area contributed by atoms with Crippen molar-refractivity contribution < 1.29 is 22.7 Å². The molecule has 0 aromatic carbocycles. The van der Waals surface area contributed by atoms with E-state index in [2.05, 4.69) is 6.58 Å². The molecule has 0 bridgehead atoms. The van der Waals surface area contributed by atoms with Crippen LogP contribution in [0.1, 0.15) is 9.27 Å². The minimum absolute atomic E-state index is 0. The first kappa shape index (κ1) is 12.2. The second-order valence-electron chi connectivity index (χ2n) is 1.48. The average molecular weight is 156 g/mol. The molecule has 0 fully saturated rings. The van der Waals surface area contributed by atoms with Crippen LogP contribution in [0.15, 0.2) is 12.2 Å². The van der Waals surface area contributed by atoms with E-state index in [0.29, 0.717) is 0 Å². The molecule has 0 atom stereocenters. The van der Waals surface area contributed by atoms with E-state index in [1.165, 1.54) is 0 Å². The number of carboxylic acid groups (broad SMARTS) is 2. The van der Waals surface area contributed by atoms with Crippen molar-refractivity contribution in [3.63, 3.8) is 0 Å². The van der Waals surface area contributed by atoms with Gasteiger partial charge in [0.2, 0.25) is 0 Å². The first-order valence-corrected chi connectivity index (χ1v) is 2.17. The van der Waals surface area contributed by atoms with Crippen LogP contribution in [0.2, 0.25) is 0 Å². The Morgan fingerprint density at radius 2 is 1.80 bits per heavy atom. The maximum Gasteiger partial charge on any atom is 2.00 e. The Balaban J connectivity index is -0.000000107. The largest absolute Gasteiger partial charge is 2.00 e. The SMILES string of the molecule is C=C(CC(=O)O)C(=O)O.[H-].[H-].[Mg+2]. The molecule has 0 aromatic heterocycles. The van der Waals surface area contributed by atoms with E-state index in [0.717, 1.165) is 0 Å². The van der Waals surface area contributed by atoms with E-state index >= 15 is 0 Å². The van der Waals surface area contributed by atoms with Crippen LogP contribution in [0.3, 0.4) is 0 Å². The molecule has 0 saturated carbocycles. The Morgan fingerprint density at radius 3 is 1.90 bits per heavy atom. The molecule has 10 heavy (non-hydrogen) atoms. The van der Waals surface area contributed by atoms with E-state index in [9.17, 15) is 9.59 Å². The standard InChI is InChI=1S/C5H6O4.Mg.2H/c1-3(5(8)9)2-4(6)7;;;/h1-2H2,(H,6,7)(H,8,9);;;/q;+2;2*-1. The summed E-state index contributed by atoms with van der Waals surface area (Å²) in [5.41, 5.74) is -0.303. The van der Waals surface area contributed by atoms with Crippen molar-refractivity contribution in [3.8, 4) is 0 Å². The third-order valence-electron chi connectivity index (χ3n) is 0.667. The van der Waals surface area contributed by atoms with Crippen molar-refractivity contribution in [3.05, 3.63) is 12.2 Å². The van der Waals surface area contributed by atoms with Crippen molar-refractivity contribution in [1.82, 2.24) is 0 Å². The van der Waals surface area contributed by atoms with Gasteiger partial charge in [-0.2, -0.15) is 0 Å². The summed E-state index contributed by atoms with van der Waals surface area (Å²) < 4.78 is 0. The van der Waals surface area contributed by atoms with Crippen molar-refractivity contribution in [1.29, 1.82) is 0 Å². The summed E-state index contributed by atoms with van der Waals surface area (Å²) >= 11 is 0. The zero-order valence-electron chi connectivity index (χ0n) is 7.33. The maximum atomic E-state index is 9.87. The fraction of sp³-hybridized carbons (Fsp3) is 0.200. The molecule has 0 aliphatic heterocycles. The fourth-order valence-electron chi connectivity index (χ4n) is 0.258.